The van der Waals surface area contributed by atoms with Crippen LogP contribution in [0.15, 0.2) is 24.7 Å². The lowest BCUT2D eigenvalue weighted by atomic mass is 10.1. The molecule has 0 radical (unpaired) electrons. The summed E-state index contributed by atoms with van der Waals surface area (Å²) in [5.74, 6) is -0.254. The second-order valence-corrected chi connectivity index (χ2v) is 4.35. The van der Waals surface area contributed by atoms with Crippen LogP contribution in [0.25, 0.3) is 0 Å². The van der Waals surface area contributed by atoms with Gasteiger partial charge in [-0.25, -0.2) is 4.98 Å². The van der Waals surface area contributed by atoms with E-state index >= 15 is 0 Å². The monoisotopic (exact) mass is 244 g/mol. The Morgan fingerprint density at radius 2 is 2.11 bits per heavy atom. The van der Waals surface area contributed by atoms with Crippen molar-refractivity contribution in [2.45, 2.75) is 13.8 Å². The number of imidazole rings is 1. The highest BCUT2D eigenvalue weighted by atomic mass is 16.1. The predicted molar refractivity (Wildman–Crippen MR) is 71.5 cm³/mol. The normalized spacial score (nSPS) is 10.4. The molecule has 0 aliphatic rings. The SMILES string of the molecule is Cc1ccc(N)c(NC(=O)c2cn(C)cn2)c1C. The minimum atomic E-state index is -0.254. The van der Waals surface area contributed by atoms with Crippen LogP contribution < -0.4 is 11.1 Å². The molecular formula is C13H16N4O. The van der Waals surface area contributed by atoms with E-state index in [4.69, 9.17) is 5.73 Å². The third-order valence-corrected chi connectivity index (χ3v) is 2.94. The molecule has 3 N–H and O–H groups in total. The first-order valence-electron chi connectivity index (χ1n) is 5.64. The van der Waals surface area contributed by atoms with E-state index in [9.17, 15) is 4.79 Å². The fraction of sp³-hybridized carbons (Fsp3) is 0.231. The number of aryl methyl sites for hydroxylation is 2. The third kappa shape index (κ3) is 2.20. The minimum absolute atomic E-state index is 0.254. The molecular weight excluding hydrogens is 228 g/mol. The summed E-state index contributed by atoms with van der Waals surface area (Å²) in [6.45, 7) is 3.91. The van der Waals surface area contributed by atoms with Crippen molar-refractivity contribution in [1.29, 1.82) is 0 Å². The number of nitrogens with two attached hydrogens (primary N) is 1. The summed E-state index contributed by atoms with van der Waals surface area (Å²) in [4.78, 5) is 16.0. The van der Waals surface area contributed by atoms with Crippen LogP contribution in [-0.2, 0) is 7.05 Å². The maximum Gasteiger partial charge on any atom is 0.275 e. The highest BCUT2D eigenvalue weighted by Crippen LogP contribution is 2.26. The Morgan fingerprint density at radius 1 is 1.39 bits per heavy atom. The molecule has 5 heteroatoms. The van der Waals surface area contributed by atoms with E-state index in [1.54, 1.807) is 23.2 Å². The first kappa shape index (κ1) is 12.2. The molecule has 0 spiro atoms. The predicted octanol–water partition coefficient (Wildman–Crippen LogP) is 1.87. The molecule has 18 heavy (non-hydrogen) atoms. The van der Waals surface area contributed by atoms with Gasteiger partial charge in [0.2, 0.25) is 0 Å². The van der Waals surface area contributed by atoms with Crippen LogP contribution >= 0.6 is 0 Å². The number of hydrogen-bond acceptors (Lipinski definition) is 3. The number of aromatic nitrogens is 2. The lowest BCUT2D eigenvalue weighted by Gasteiger charge is -2.12. The van der Waals surface area contributed by atoms with Gasteiger partial charge >= 0.3 is 0 Å². The van der Waals surface area contributed by atoms with Crippen LogP contribution in [0.4, 0.5) is 11.4 Å². The molecule has 0 fully saturated rings. The topological polar surface area (TPSA) is 72.9 Å². The molecule has 94 valence electrons. The molecule has 1 aromatic carbocycles. The average Bonchev–Trinajstić information content (AvgIpc) is 2.76. The Balaban J connectivity index is 2.30. The molecule has 5 nitrogen and oxygen atoms in total. The molecule has 0 atom stereocenters. The Labute approximate surface area is 106 Å². The first-order chi connectivity index (χ1) is 8.49. The largest absolute Gasteiger partial charge is 0.397 e. The summed E-state index contributed by atoms with van der Waals surface area (Å²) >= 11 is 0. The zero-order chi connectivity index (χ0) is 13.3. The Bertz CT molecular complexity index is 601. The summed E-state index contributed by atoms with van der Waals surface area (Å²) in [7, 11) is 1.82. The molecule has 0 unspecified atom stereocenters. The minimum Gasteiger partial charge on any atom is -0.397 e. The molecule has 0 saturated heterocycles. The summed E-state index contributed by atoms with van der Waals surface area (Å²) < 4.78 is 1.72. The van der Waals surface area contributed by atoms with Gasteiger partial charge in [-0.2, -0.15) is 0 Å². The number of benzene rings is 1. The van der Waals surface area contributed by atoms with Crippen LogP contribution in [-0.4, -0.2) is 15.5 Å². The van der Waals surface area contributed by atoms with Crippen molar-refractivity contribution in [1.82, 2.24) is 9.55 Å². The van der Waals surface area contributed by atoms with Gasteiger partial charge in [0.1, 0.15) is 5.69 Å². The standard InChI is InChI=1S/C13H16N4O/c1-8-4-5-10(14)12(9(8)2)16-13(18)11-6-17(3)7-15-11/h4-7H,14H2,1-3H3,(H,16,18). The van der Waals surface area contributed by atoms with Crippen LogP contribution in [0.5, 0.6) is 0 Å². The van der Waals surface area contributed by atoms with Gasteiger partial charge in [0.05, 0.1) is 17.7 Å². The molecule has 0 aliphatic carbocycles. The van der Waals surface area contributed by atoms with Gasteiger partial charge < -0.3 is 15.6 Å². The van der Waals surface area contributed by atoms with E-state index in [0.717, 1.165) is 11.1 Å². The number of amides is 1. The molecule has 1 aromatic heterocycles. The summed E-state index contributed by atoms with van der Waals surface area (Å²) in [5.41, 5.74) is 9.53. The van der Waals surface area contributed by atoms with E-state index in [1.807, 2.05) is 27.0 Å². The van der Waals surface area contributed by atoms with Gasteiger partial charge in [0, 0.05) is 13.2 Å². The quantitative estimate of drug-likeness (QED) is 0.792. The van der Waals surface area contributed by atoms with Gasteiger partial charge in [0.25, 0.3) is 5.91 Å². The Morgan fingerprint density at radius 3 is 2.72 bits per heavy atom. The van der Waals surface area contributed by atoms with Crippen molar-refractivity contribution < 1.29 is 4.79 Å². The maximum atomic E-state index is 12.0. The van der Waals surface area contributed by atoms with Crippen LogP contribution in [0.3, 0.4) is 0 Å². The second kappa shape index (κ2) is 4.52. The van der Waals surface area contributed by atoms with Crippen molar-refractivity contribution >= 4 is 17.3 Å². The smallest absolute Gasteiger partial charge is 0.275 e. The van der Waals surface area contributed by atoms with Crippen molar-refractivity contribution in [3.05, 3.63) is 41.5 Å². The lowest BCUT2D eigenvalue weighted by Crippen LogP contribution is -2.15. The number of carbonyl (C=O) groups is 1. The van der Waals surface area contributed by atoms with Crippen molar-refractivity contribution in [3.63, 3.8) is 0 Å². The lowest BCUT2D eigenvalue weighted by molar-refractivity contribution is 0.102. The molecule has 0 saturated carbocycles. The van der Waals surface area contributed by atoms with E-state index in [0.29, 0.717) is 17.1 Å². The van der Waals surface area contributed by atoms with Gasteiger partial charge in [-0.15, -0.1) is 0 Å². The Hall–Kier alpha value is -2.30. The van der Waals surface area contributed by atoms with Crippen molar-refractivity contribution in [3.8, 4) is 0 Å². The third-order valence-electron chi connectivity index (χ3n) is 2.94. The number of nitrogens with zero attached hydrogens (tertiary/aromatic N) is 2. The second-order valence-electron chi connectivity index (χ2n) is 4.35. The van der Waals surface area contributed by atoms with E-state index in [2.05, 4.69) is 10.3 Å². The molecule has 0 bridgehead atoms. The van der Waals surface area contributed by atoms with Crippen LogP contribution in [0.1, 0.15) is 21.6 Å². The van der Waals surface area contributed by atoms with Gasteiger partial charge in [-0.3, -0.25) is 4.79 Å². The zero-order valence-corrected chi connectivity index (χ0v) is 10.7. The zero-order valence-electron chi connectivity index (χ0n) is 10.7. The van der Waals surface area contributed by atoms with Crippen LogP contribution in [0, 0.1) is 13.8 Å². The summed E-state index contributed by atoms with van der Waals surface area (Å²) in [5, 5.41) is 2.81. The molecule has 1 heterocycles. The number of hydrogen-bond donors (Lipinski definition) is 2. The summed E-state index contributed by atoms with van der Waals surface area (Å²) in [6, 6.07) is 3.72. The molecule has 2 aromatic rings. The molecule has 1 amide bonds. The number of carbonyl (C=O) groups excluding carboxylic acids is 1. The average molecular weight is 244 g/mol. The van der Waals surface area contributed by atoms with Crippen molar-refractivity contribution in [2.75, 3.05) is 11.1 Å². The summed E-state index contributed by atoms with van der Waals surface area (Å²) in [6.07, 6.45) is 3.25. The van der Waals surface area contributed by atoms with E-state index in [1.165, 1.54) is 0 Å². The van der Waals surface area contributed by atoms with Gasteiger partial charge in [-0.05, 0) is 31.0 Å². The van der Waals surface area contributed by atoms with Gasteiger partial charge in [-0.1, -0.05) is 6.07 Å². The van der Waals surface area contributed by atoms with Crippen molar-refractivity contribution in [2.24, 2.45) is 7.05 Å². The number of nitrogen functional groups attached to an aromatic ring is 1. The first-order valence-corrected chi connectivity index (χ1v) is 5.64. The van der Waals surface area contributed by atoms with E-state index in [-0.39, 0.29) is 5.91 Å². The van der Waals surface area contributed by atoms with Crippen LogP contribution in [0.2, 0.25) is 0 Å². The number of nitrogens with one attached hydrogen (secondary N) is 1. The molecule has 2 rings (SSSR count). The number of rotatable bonds is 2. The highest BCUT2D eigenvalue weighted by Gasteiger charge is 2.13. The number of anilines is 2. The fourth-order valence-electron chi connectivity index (χ4n) is 1.71. The Kier molecular flexibility index (Phi) is 3.06. The molecule has 0 aliphatic heterocycles. The maximum absolute atomic E-state index is 12.0. The van der Waals surface area contributed by atoms with Gasteiger partial charge in [0.15, 0.2) is 0 Å². The van der Waals surface area contributed by atoms with E-state index < -0.39 is 0 Å². The highest BCUT2D eigenvalue weighted by molar-refractivity contribution is 6.05. The fourth-order valence-corrected chi connectivity index (χ4v) is 1.71.